The fourth-order valence-corrected chi connectivity index (χ4v) is 1.51. The van der Waals surface area contributed by atoms with Crippen molar-refractivity contribution in [3.63, 3.8) is 0 Å². The van der Waals surface area contributed by atoms with Crippen LogP contribution in [0.5, 0.6) is 0 Å². The summed E-state index contributed by atoms with van der Waals surface area (Å²) >= 11 is 0. The van der Waals surface area contributed by atoms with E-state index >= 15 is 0 Å². The molecule has 1 nitrogen and oxygen atoms in total. The van der Waals surface area contributed by atoms with Gasteiger partial charge in [0.05, 0.1) is 0 Å². The van der Waals surface area contributed by atoms with Crippen molar-refractivity contribution in [2.75, 3.05) is 0 Å². The van der Waals surface area contributed by atoms with Crippen molar-refractivity contribution in [2.45, 2.75) is 25.7 Å². The van der Waals surface area contributed by atoms with Crippen LogP contribution in [-0.4, -0.2) is 4.98 Å². The number of aromatic nitrogens is 1. The van der Waals surface area contributed by atoms with Crippen LogP contribution >= 0.6 is 0 Å². The Hall–Kier alpha value is -0.461. The summed E-state index contributed by atoms with van der Waals surface area (Å²) in [6.45, 7) is 0. The van der Waals surface area contributed by atoms with E-state index in [0.717, 1.165) is 18.5 Å². The molecule has 0 aliphatic heterocycles. The van der Waals surface area contributed by atoms with E-state index in [9.17, 15) is 0 Å². The molecule has 2 heteroatoms. The first-order valence-corrected chi connectivity index (χ1v) is 4.48. The third kappa shape index (κ3) is 2.75. The van der Waals surface area contributed by atoms with E-state index in [0.29, 0.717) is 0 Å². The third-order valence-corrected chi connectivity index (χ3v) is 2.17. The Balaban J connectivity index is 0.000000845. The van der Waals surface area contributed by atoms with Crippen molar-refractivity contribution in [3.05, 3.63) is 36.2 Å². The maximum atomic E-state index is 4.30. The predicted molar refractivity (Wildman–Crippen MR) is 49.4 cm³/mol. The van der Waals surface area contributed by atoms with Crippen LogP contribution < -0.4 is 0 Å². The summed E-state index contributed by atoms with van der Waals surface area (Å²) in [6.07, 6.45) is 10.1. The average Bonchev–Trinajstić information content (AvgIpc) is 2.21. The number of nitrogens with zero attached hydrogens (tertiary/aromatic N) is 1. The van der Waals surface area contributed by atoms with E-state index in [1.165, 1.54) is 18.4 Å². The van der Waals surface area contributed by atoms with Gasteiger partial charge in [-0.15, -0.1) is 12.5 Å². The third-order valence-electron chi connectivity index (χ3n) is 2.17. The molecule has 1 radical (unpaired) electrons. The largest absolute Gasteiger partial charge is 0.351 e. The summed E-state index contributed by atoms with van der Waals surface area (Å²) in [5.41, 5.74) is 2.42. The molecular formula is C11H12IrN-. The predicted octanol–water partition coefficient (Wildman–Crippen LogP) is 2.84. The van der Waals surface area contributed by atoms with Crippen molar-refractivity contribution >= 4 is 5.57 Å². The average molecular weight is 350 g/mol. The van der Waals surface area contributed by atoms with Gasteiger partial charge in [-0.05, 0) is 6.07 Å². The van der Waals surface area contributed by atoms with E-state index in [2.05, 4.69) is 17.1 Å². The van der Waals surface area contributed by atoms with Gasteiger partial charge in [-0.25, -0.2) is 0 Å². The zero-order chi connectivity index (χ0) is 8.23. The maximum absolute atomic E-state index is 4.30. The number of hydrogen-bond donors (Lipinski definition) is 0. The van der Waals surface area contributed by atoms with Gasteiger partial charge in [0.25, 0.3) is 0 Å². The van der Waals surface area contributed by atoms with Crippen LogP contribution in [-0.2, 0) is 20.1 Å². The van der Waals surface area contributed by atoms with Gasteiger partial charge in [-0.1, -0.05) is 31.0 Å². The topological polar surface area (TPSA) is 12.9 Å². The maximum Gasteiger partial charge on any atom is 0.00535 e. The summed E-state index contributed by atoms with van der Waals surface area (Å²) in [5, 5.41) is 0. The Labute approximate surface area is 92.6 Å². The van der Waals surface area contributed by atoms with Crippen molar-refractivity contribution < 1.29 is 20.1 Å². The van der Waals surface area contributed by atoms with Crippen LogP contribution in [0, 0.1) is 6.08 Å². The van der Waals surface area contributed by atoms with Crippen molar-refractivity contribution in [1.29, 1.82) is 0 Å². The van der Waals surface area contributed by atoms with E-state index < -0.39 is 0 Å². The van der Waals surface area contributed by atoms with Crippen LogP contribution in [0.25, 0.3) is 5.57 Å². The monoisotopic (exact) mass is 351 g/mol. The van der Waals surface area contributed by atoms with E-state index in [4.69, 9.17) is 0 Å². The zero-order valence-corrected chi connectivity index (χ0v) is 9.81. The molecule has 0 unspecified atom stereocenters. The van der Waals surface area contributed by atoms with Crippen LogP contribution in [0.15, 0.2) is 24.4 Å². The number of rotatable bonds is 1. The van der Waals surface area contributed by atoms with Gasteiger partial charge in [0.2, 0.25) is 0 Å². The molecule has 1 aliphatic carbocycles. The molecular weight excluding hydrogens is 338 g/mol. The van der Waals surface area contributed by atoms with Crippen LogP contribution in [0.1, 0.15) is 31.4 Å². The molecule has 1 aromatic rings. The van der Waals surface area contributed by atoms with E-state index in [1.807, 2.05) is 18.3 Å². The quantitative estimate of drug-likeness (QED) is 0.710. The fraction of sp³-hybridized carbons (Fsp3) is 0.364. The van der Waals surface area contributed by atoms with Crippen molar-refractivity contribution in [2.24, 2.45) is 0 Å². The summed E-state index contributed by atoms with van der Waals surface area (Å²) < 4.78 is 0. The smallest absolute Gasteiger partial charge is 0.00535 e. The van der Waals surface area contributed by atoms with Gasteiger partial charge in [-0.2, -0.15) is 5.57 Å². The molecule has 0 fully saturated rings. The minimum absolute atomic E-state index is 0. The molecule has 71 valence electrons. The van der Waals surface area contributed by atoms with E-state index in [-0.39, 0.29) is 20.1 Å². The molecule has 0 atom stereocenters. The van der Waals surface area contributed by atoms with Gasteiger partial charge in [0, 0.05) is 26.3 Å². The van der Waals surface area contributed by atoms with Gasteiger partial charge < -0.3 is 4.98 Å². The Morgan fingerprint density at radius 1 is 1.23 bits per heavy atom. The molecule has 1 aromatic heterocycles. The number of allylic oxidation sites excluding steroid dienone is 2. The standard InChI is InChI=1S/C11H12N.Ir/c1-2-6-10(7-3-1)11-8-4-5-9-12-11;/h4-5,8-9H,1-3,6H2;/q-1;. The molecule has 0 saturated carbocycles. The minimum Gasteiger partial charge on any atom is -0.351 e. The first kappa shape index (κ1) is 10.6. The Morgan fingerprint density at radius 2 is 2.15 bits per heavy atom. The normalized spacial score (nSPS) is 15.8. The Kier molecular flexibility index (Phi) is 4.34. The van der Waals surface area contributed by atoms with Gasteiger partial charge in [0.15, 0.2) is 0 Å². The molecule has 0 bridgehead atoms. The van der Waals surface area contributed by atoms with Gasteiger partial charge in [0.1, 0.15) is 0 Å². The Morgan fingerprint density at radius 3 is 2.77 bits per heavy atom. The van der Waals surface area contributed by atoms with Crippen LogP contribution in [0.3, 0.4) is 0 Å². The number of pyridine rings is 1. The molecule has 1 aliphatic rings. The molecule has 2 rings (SSSR count). The summed E-state index contributed by atoms with van der Waals surface area (Å²) in [7, 11) is 0. The zero-order valence-electron chi connectivity index (χ0n) is 7.42. The van der Waals surface area contributed by atoms with Gasteiger partial charge >= 0.3 is 0 Å². The van der Waals surface area contributed by atoms with Crippen molar-refractivity contribution in [3.8, 4) is 0 Å². The molecule has 1 heterocycles. The summed E-state index contributed by atoms with van der Waals surface area (Å²) in [5.74, 6) is 0. The molecule has 0 amide bonds. The first-order chi connectivity index (χ1) is 5.97. The van der Waals surface area contributed by atoms with Crippen molar-refractivity contribution in [1.82, 2.24) is 4.98 Å². The minimum atomic E-state index is 0. The molecule has 0 spiro atoms. The fourth-order valence-electron chi connectivity index (χ4n) is 1.51. The second-order valence-electron chi connectivity index (χ2n) is 3.08. The summed E-state index contributed by atoms with van der Waals surface area (Å²) in [6, 6.07) is 6.05. The van der Waals surface area contributed by atoms with Crippen LogP contribution in [0.4, 0.5) is 0 Å². The van der Waals surface area contributed by atoms with Gasteiger partial charge in [-0.3, -0.25) is 6.08 Å². The van der Waals surface area contributed by atoms with Crippen LogP contribution in [0.2, 0.25) is 0 Å². The Bertz CT molecular complexity index is 279. The second kappa shape index (κ2) is 5.31. The first-order valence-electron chi connectivity index (χ1n) is 4.48. The molecule has 13 heavy (non-hydrogen) atoms. The molecule has 0 saturated heterocycles. The van der Waals surface area contributed by atoms with E-state index in [1.54, 1.807) is 0 Å². The number of hydrogen-bond acceptors (Lipinski definition) is 1. The molecule has 0 N–H and O–H groups in total. The molecule has 0 aromatic carbocycles. The SMILES string of the molecule is [C-]1=C(c2ccccn2)CCCC1.[Ir]. The second-order valence-corrected chi connectivity index (χ2v) is 3.08. The summed E-state index contributed by atoms with van der Waals surface area (Å²) in [4.78, 5) is 4.30.